The lowest BCUT2D eigenvalue weighted by Gasteiger charge is -2.09. The lowest BCUT2D eigenvalue weighted by Crippen LogP contribution is -2.07. The molecule has 1 heterocycles. The van der Waals surface area contributed by atoms with Crippen LogP contribution in [0.2, 0.25) is 0 Å². The molecule has 0 unspecified atom stereocenters. The van der Waals surface area contributed by atoms with E-state index in [4.69, 9.17) is 0 Å². The lowest BCUT2D eigenvalue weighted by molar-refractivity contribution is 0.372. The van der Waals surface area contributed by atoms with Crippen molar-refractivity contribution in [3.8, 4) is 11.4 Å². The van der Waals surface area contributed by atoms with Gasteiger partial charge in [0.15, 0.2) is 34.2 Å². The Morgan fingerprint density at radius 1 is 0.846 bits per heavy atom. The van der Waals surface area contributed by atoms with Crippen molar-refractivity contribution < 1.29 is 22.0 Å². The highest BCUT2D eigenvalue weighted by Crippen LogP contribution is 2.30. The van der Waals surface area contributed by atoms with Crippen molar-refractivity contribution in [1.82, 2.24) is 14.8 Å². The molecule has 3 rings (SSSR count). The molecule has 0 N–H and O–H groups in total. The monoisotopic (exact) mass is 385 g/mol. The highest BCUT2D eigenvalue weighted by atomic mass is 32.2. The van der Waals surface area contributed by atoms with Gasteiger partial charge in [-0.15, -0.1) is 10.2 Å². The average molecular weight is 385 g/mol. The van der Waals surface area contributed by atoms with Gasteiger partial charge >= 0.3 is 0 Å². The Kier molecular flexibility index (Phi) is 5.26. The van der Waals surface area contributed by atoms with E-state index < -0.39 is 40.4 Å². The Balaban J connectivity index is 1.91. The Morgan fingerprint density at radius 3 is 2.00 bits per heavy atom. The van der Waals surface area contributed by atoms with Crippen LogP contribution in [0.25, 0.3) is 11.4 Å². The topological polar surface area (TPSA) is 30.7 Å². The maximum Gasteiger partial charge on any atom is 0.200 e. The van der Waals surface area contributed by atoms with E-state index in [1.165, 1.54) is 0 Å². The van der Waals surface area contributed by atoms with Crippen LogP contribution in [0, 0.1) is 29.1 Å². The summed E-state index contributed by atoms with van der Waals surface area (Å²) in [4.78, 5) is 0. The summed E-state index contributed by atoms with van der Waals surface area (Å²) in [6, 6.07) is 9.15. The van der Waals surface area contributed by atoms with Gasteiger partial charge in [0.25, 0.3) is 0 Å². The largest absolute Gasteiger partial charge is 0.302 e. The summed E-state index contributed by atoms with van der Waals surface area (Å²) in [6.07, 6.45) is 0. The molecule has 1 aromatic heterocycles. The van der Waals surface area contributed by atoms with Crippen LogP contribution in [0.15, 0.2) is 35.5 Å². The highest BCUT2D eigenvalue weighted by Gasteiger charge is 2.26. The van der Waals surface area contributed by atoms with Crippen molar-refractivity contribution in [2.24, 2.45) is 0 Å². The number of nitrogens with zero attached hydrogens (tertiary/aromatic N) is 3. The van der Waals surface area contributed by atoms with E-state index >= 15 is 0 Å². The number of halogens is 5. The van der Waals surface area contributed by atoms with E-state index in [0.29, 0.717) is 17.5 Å². The van der Waals surface area contributed by atoms with Crippen LogP contribution in [0.3, 0.4) is 0 Å². The standard InChI is InChI=1S/C17H12F5N3S/c1-2-25-16(9-6-4-3-5-7-9)23-24-17(25)26-8-10-11(18)13(20)15(22)14(21)12(10)19/h3-7H,2,8H2,1H3. The van der Waals surface area contributed by atoms with Crippen molar-refractivity contribution in [1.29, 1.82) is 0 Å². The SMILES string of the molecule is CCn1c(SCc2c(F)c(F)c(F)c(F)c2F)nnc1-c1ccccc1. The zero-order valence-electron chi connectivity index (χ0n) is 13.4. The number of thioether (sulfide) groups is 1. The molecule has 0 atom stereocenters. The quantitative estimate of drug-likeness (QED) is 0.269. The molecule has 9 heteroatoms. The fourth-order valence-electron chi connectivity index (χ4n) is 2.40. The number of hydrogen-bond acceptors (Lipinski definition) is 3. The second-order valence-electron chi connectivity index (χ2n) is 5.25. The average Bonchev–Trinajstić information content (AvgIpc) is 3.08. The first-order chi connectivity index (χ1) is 12.5. The maximum absolute atomic E-state index is 13.8. The summed E-state index contributed by atoms with van der Waals surface area (Å²) in [5.41, 5.74) is -0.0942. The van der Waals surface area contributed by atoms with E-state index in [1.54, 1.807) is 4.57 Å². The summed E-state index contributed by atoms with van der Waals surface area (Å²) < 4.78 is 69.0. The number of rotatable bonds is 5. The Morgan fingerprint density at radius 2 is 1.42 bits per heavy atom. The van der Waals surface area contributed by atoms with Gasteiger partial charge < -0.3 is 4.57 Å². The van der Waals surface area contributed by atoms with E-state index in [-0.39, 0.29) is 0 Å². The molecule has 26 heavy (non-hydrogen) atoms. The first-order valence-corrected chi connectivity index (χ1v) is 8.56. The van der Waals surface area contributed by atoms with Crippen LogP contribution in [0.1, 0.15) is 12.5 Å². The molecule has 0 aliphatic heterocycles. The molecule has 0 spiro atoms. The van der Waals surface area contributed by atoms with E-state index in [0.717, 1.165) is 17.3 Å². The van der Waals surface area contributed by atoms with E-state index in [1.807, 2.05) is 37.3 Å². The van der Waals surface area contributed by atoms with Crippen LogP contribution < -0.4 is 0 Å². The summed E-state index contributed by atoms with van der Waals surface area (Å²) >= 11 is 0.845. The summed E-state index contributed by atoms with van der Waals surface area (Å²) in [5, 5.41) is 8.34. The molecule has 0 bridgehead atoms. The summed E-state index contributed by atoms with van der Waals surface area (Å²) in [7, 11) is 0. The van der Waals surface area contributed by atoms with E-state index in [9.17, 15) is 22.0 Å². The zero-order valence-corrected chi connectivity index (χ0v) is 14.3. The molecule has 0 fully saturated rings. The number of aromatic nitrogens is 3. The van der Waals surface area contributed by atoms with Gasteiger partial charge in [0, 0.05) is 23.4 Å². The van der Waals surface area contributed by atoms with Crippen LogP contribution >= 0.6 is 11.8 Å². The zero-order chi connectivity index (χ0) is 18.8. The van der Waals surface area contributed by atoms with Crippen LogP contribution in [0.4, 0.5) is 22.0 Å². The van der Waals surface area contributed by atoms with Crippen LogP contribution in [0.5, 0.6) is 0 Å². The highest BCUT2D eigenvalue weighted by molar-refractivity contribution is 7.98. The molecule has 0 saturated carbocycles. The molecule has 0 radical (unpaired) electrons. The van der Waals surface area contributed by atoms with Gasteiger partial charge in [0.05, 0.1) is 0 Å². The second kappa shape index (κ2) is 7.45. The molecular weight excluding hydrogens is 373 g/mol. The minimum Gasteiger partial charge on any atom is -0.302 e. The molecular formula is C17H12F5N3S. The predicted molar refractivity (Wildman–Crippen MR) is 86.9 cm³/mol. The fourth-order valence-corrected chi connectivity index (χ4v) is 3.39. The minimum atomic E-state index is -2.17. The van der Waals surface area contributed by atoms with Crippen molar-refractivity contribution in [2.45, 2.75) is 24.4 Å². The molecule has 0 aliphatic rings. The van der Waals surface area contributed by atoms with Crippen LogP contribution in [-0.4, -0.2) is 14.8 Å². The van der Waals surface area contributed by atoms with Crippen molar-refractivity contribution >= 4 is 11.8 Å². The van der Waals surface area contributed by atoms with Gasteiger partial charge in [-0.1, -0.05) is 42.1 Å². The fraction of sp³-hybridized carbons (Fsp3) is 0.176. The first-order valence-electron chi connectivity index (χ1n) is 7.57. The molecule has 3 nitrogen and oxygen atoms in total. The predicted octanol–water partition coefficient (Wildman–Crippen LogP) is 4.95. The smallest absolute Gasteiger partial charge is 0.200 e. The molecule has 0 saturated heterocycles. The third kappa shape index (κ3) is 3.18. The van der Waals surface area contributed by atoms with Gasteiger partial charge in [0.2, 0.25) is 5.82 Å². The molecule has 136 valence electrons. The Bertz CT molecular complexity index is 914. The third-order valence-electron chi connectivity index (χ3n) is 3.71. The van der Waals surface area contributed by atoms with E-state index in [2.05, 4.69) is 10.2 Å². The molecule has 0 aliphatic carbocycles. The van der Waals surface area contributed by atoms with Gasteiger partial charge in [-0.3, -0.25) is 0 Å². The molecule has 2 aromatic carbocycles. The second-order valence-corrected chi connectivity index (χ2v) is 6.20. The van der Waals surface area contributed by atoms with Crippen LogP contribution in [-0.2, 0) is 12.3 Å². The Labute approximate surface area is 149 Å². The number of hydrogen-bond donors (Lipinski definition) is 0. The summed E-state index contributed by atoms with van der Waals surface area (Å²) in [5.74, 6) is -9.68. The van der Waals surface area contributed by atoms with Crippen molar-refractivity contribution in [2.75, 3.05) is 0 Å². The van der Waals surface area contributed by atoms with Gasteiger partial charge in [-0.2, -0.15) is 0 Å². The lowest BCUT2D eigenvalue weighted by atomic mass is 10.2. The van der Waals surface area contributed by atoms with Gasteiger partial charge in [-0.25, -0.2) is 22.0 Å². The molecule has 3 aromatic rings. The third-order valence-corrected chi connectivity index (χ3v) is 4.70. The minimum absolute atomic E-state index is 0.315. The van der Waals surface area contributed by atoms with Gasteiger partial charge in [0.1, 0.15) is 0 Å². The van der Waals surface area contributed by atoms with Crippen molar-refractivity contribution in [3.05, 3.63) is 65.0 Å². The number of benzene rings is 2. The summed E-state index contributed by atoms with van der Waals surface area (Å²) in [6.45, 7) is 2.30. The maximum atomic E-state index is 13.8. The van der Waals surface area contributed by atoms with Gasteiger partial charge in [-0.05, 0) is 6.92 Å². The molecule has 0 amide bonds. The Hall–Kier alpha value is -2.42. The normalized spacial score (nSPS) is 11.2. The first kappa shape index (κ1) is 18.4. The van der Waals surface area contributed by atoms with Crippen molar-refractivity contribution in [3.63, 3.8) is 0 Å².